The Bertz CT molecular complexity index is 752. The van der Waals surface area contributed by atoms with E-state index >= 15 is 0 Å². The summed E-state index contributed by atoms with van der Waals surface area (Å²) in [5.74, 6) is 1.03. The van der Waals surface area contributed by atoms with E-state index in [0.29, 0.717) is 40.4 Å². The molecule has 1 aliphatic rings. The van der Waals surface area contributed by atoms with Crippen LogP contribution in [0.3, 0.4) is 0 Å². The monoisotopic (exact) mass is 383 g/mol. The summed E-state index contributed by atoms with van der Waals surface area (Å²) in [7, 11) is 0. The molecule has 126 valence electrons. The van der Waals surface area contributed by atoms with Gasteiger partial charge in [-0.2, -0.15) is 0 Å². The van der Waals surface area contributed by atoms with E-state index in [2.05, 4.69) is 5.32 Å². The third kappa shape index (κ3) is 4.09. The summed E-state index contributed by atoms with van der Waals surface area (Å²) < 4.78 is 11.0. The molecule has 0 aromatic heterocycles. The highest BCUT2D eigenvalue weighted by Gasteiger charge is 2.19. The highest BCUT2D eigenvalue weighted by Crippen LogP contribution is 2.38. The highest BCUT2D eigenvalue weighted by atomic mass is 35.5. The molecule has 1 N–H and O–H groups in total. The molecule has 3 rings (SSSR count). The second-order valence-electron chi connectivity index (χ2n) is 5.18. The van der Waals surface area contributed by atoms with Gasteiger partial charge in [0.05, 0.1) is 16.0 Å². The number of carbonyl (C=O) groups excluding carboxylic acids is 1. The van der Waals surface area contributed by atoms with Crippen molar-refractivity contribution in [3.05, 3.63) is 46.4 Å². The topological polar surface area (TPSA) is 47.6 Å². The van der Waals surface area contributed by atoms with Gasteiger partial charge in [-0.15, -0.1) is 11.8 Å². The number of hydrogen-bond donors (Lipinski definition) is 1. The van der Waals surface area contributed by atoms with Crippen LogP contribution in [0, 0.1) is 0 Å². The number of hydrogen-bond acceptors (Lipinski definition) is 4. The fourth-order valence-corrected chi connectivity index (χ4v) is 3.36. The van der Waals surface area contributed by atoms with Gasteiger partial charge in [0.2, 0.25) is 5.91 Å². The van der Waals surface area contributed by atoms with Crippen LogP contribution < -0.4 is 14.8 Å². The second kappa shape index (κ2) is 7.55. The minimum absolute atomic E-state index is 0.145. The summed E-state index contributed by atoms with van der Waals surface area (Å²) in [5, 5.41) is 3.62. The van der Waals surface area contributed by atoms with Crippen LogP contribution in [0.4, 0.5) is 5.69 Å². The molecular formula is C17H15Cl2NO3S. The van der Waals surface area contributed by atoms with Crippen LogP contribution in [-0.2, 0) is 4.79 Å². The van der Waals surface area contributed by atoms with Gasteiger partial charge >= 0.3 is 0 Å². The molecule has 0 saturated carbocycles. The van der Waals surface area contributed by atoms with Gasteiger partial charge in [-0.3, -0.25) is 4.79 Å². The van der Waals surface area contributed by atoms with E-state index < -0.39 is 0 Å². The van der Waals surface area contributed by atoms with Crippen LogP contribution in [0.2, 0.25) is 10.0 Å². The zero-order valence-corrected chi connectivity index (χ0v) is 15.2. The van der Waals surface area contributed by atoms with Crippen LogP contribution in [0.15, 0.2) is 41.3 Å². The Morgan fingerprint density at radius 3 is 2.42 bits per heavy atom. The molecule has 7 heteroatoms. The zero-order valence-electron chi connectivity index (χ0n) is 12.8. The number of ether oxygens (including phenoxy) is 2. The summed E-state index contributed by atoms with van der Waals surface area (Å²) >= 11 is 13.5. The van der Waals surface area contributed by atoms with Gasteiger partial charge in [0, 0.05) is 22.1 Å². The minimum Gasteiger partial charge on any atom is -0.486 e. The number of carbonyl (C=O) groups is 1. The van der Waals surface area contributed by atoms with E-state index in [1.54, 1.807) is 24.3 Å². The molecule has 0 bridgehead atoms. The first-order valence-electron chi connectivity index (χ1n) is 7.35. The number of anilines is 1. The van der Waals surface area contributed by atoms with Gasteiger partial charge in [-0.05, 0) is 31.2 Å². The Morgan fingerprint density at radius 2 is 1.75 bits per heavy atom. The molecule has 0 spiro atoms. The number of thioether (sulfide) groups is 1. The third-order valence-corrected chi connectivity index (χ3v) is 5.06. The maximum atomic E-state index is 12.4. The number of rotatable bonds is 4. The summed E-state index contributed by atoms with van der Waals surface area (Å²) in [6.07, 6.45) is 0. The molecule has 0 aliphatic carbocycles. The Balaban J connectivity index is 1.68. The van der Waals surface area contributed by atoms with Crippen LogP contribution in [0.25, 0.3) is 0 Å². The standard InChI is InChI=1S/C17H15Cl2NO3S/c1-10(24-12-4-2-11(18)3-5-12)17(21)20-14-9-16-15(8-13(14)19)22-6-7-23-16/h2-5,8-10H,6-7H2,1H3,(H,20,21). The predicted octanol–water partition coefficient (Wildman–Crippen LogP) is 4.88. The first-order valence-corrected chi connectivity index (χ1v) is 8.99. The highest BCUT2D eigenvalue weighted by molar-refractivity contribution is 8.00. The molecule has 1 heterocycles. The molecule has 1 unspecified atom stereocenters. The molecule has 1 aliphatic heterocycles. The van der Waals surface area contributed by atoms with E-state index in [1.165, 1.54) is 11.8 Å². The number of amides is 1. The van der Waals surface area contributed by atoms with E-state index in [9.17, 15) is 4.79 Å². The second-order valence-corrected chi connectivity index (χ2v) is 7.44. The van der Waals surface area contributed by atoms with E-state index in [-0.39, 0.29) is 11.2 Å². The summed E-state index contributed by atoms with van der Waals surface area (Å²) in [4.78, 5) is 13.4. The molecule has 0 saturated heterocycles. The van der Waals surface area contributed by atoms with Crippen LogP contribution >= 0.6 is 35.0 Å². The maximum Gasteiger partial charge on any atom is 0.237 e. The molecule has 0 fully saturated rings. The Labute approximate surface area is 154 Å². The largest absolute Gasteiger partial charge is 0.486 e. The average molecular weight is 384 g/mol. The van der Waals surface area contributed by atoms with Crippen molar-refractivity contribution in [2.24, 2.45) is 0 Å². The quantitative estimate of drug-likeness (QED) is 0.763. The summed E-state index contributed by atoms with van der Waals surface area (Å²) in [5.41, 5.74) is 0.509. The molecule has 1 atom stereocenters. The van der Waals surface area contributed by atoms with Crippen molar-refractivity contribution in [1.29, 1.82) is 0 Å². The van der Waals surface area contributed by atoms with Crippen molar-refractivity contribution in [3.8, 4) is 11.5 Å². The van der Waals surface area contributed by atoms with Gasteiger partial charge in [-0.1, -0.05) is 23.2 Å². The lowest BCUT2D eigenvalue weighted by molar-refractivity contribution is -0.115. The van der Waals surface area contributed by atoms with Gasteiger partial charge in [0.1, 0.15) is 13.2 Å². The lowest BCUT2D eigenvalue weighted by atomic mass is 10.2. The van der Waals surface area contributed by atoms with Gasteiger partial charge < -0.3 is 14.8 Å². The van der Waals surface area contributed by atoms with Gasteiger partial charge in [0.25, 0.3) is 0 Å². The average Bonchev–Trinajstić information content (AvgIpc) is 2.57. The number of benzene rings is 2. The number of fused-ring (bicyclic) bond motifs is 1. The van der Waals surface area contributed by atoms with Gasteiger partial charge in [-0.25, -0.2) is 0 Å². The first-order chi connectivity index (χ1) is 11.5. The molecule has 1 amide bonds. The predicted molar refractivity (Wildman–Crippen MR) is 97.8 cm³/mol. The molecule has 4 nitrogen and oxygen atoms in total. The summed E-state index contributed by atoms with van der Waals surface area (Å²) in [6, 6.07) is 10.7. The zero-order chi connectivity index (χ0) is 17.1. The lowest BCUT2D eigenvalue weighted by Crippen LogP contribution is -2.23. The van der Waals surface area contributed by atoms with Crippen molar-refractivity contribution in [2.75, 3.05) is 18.5 Å². The molecule has 24 heavy (non-hydrogen) atoms. The Morgan fingerprint density at radius 1 is 1.12 bits per heavy atom. The first kappa shape index (κ1) is 17.3. The number of halogens is 2. The fraction of sp³-hybridized carbons (Fsp3) is 0.235. The SMILES string of the molecule is CC(Sc1ccc(Cl)cc1)C(=O)Nc1cc2c(cc1Cl)OCCO2. The van der Waals surface area contributed by atoms with E-state index in [0.717, 1.165) is 4.90 Å². The minimum atomic E-state index is -0.296. The molecule has 2 aromatic rings. The molecule has 2 aromatic carbocycles. The van der Waals surface area contributed by atoms with Crippen molar-refractivity contribution < 1.29 is 14.3 Å². The maximum absolute atomic E-state index is 12.4. The Kier molecular flexibility index (Phi) is 5.43. The van der Waals surface area contributed by atoms with Crippen molar-refractivity contribution in [3.63, 3.8) is 0 Å². The van der Waals surface area contributed by atoms with Crippen LogP contribution in [0.1, 0.15) is 6.92 Å². The Hall–Kier alpha value is -1.56. The molecule has 0 radical (unpaired) electrons. The van der Waals surface area contributed by atoms with Crippen molar-refractivity contribution in [2.45, 2.75) is 17.1 Å². The third-order valence-electron chi connectivity index (χ3n) is 3.39. The lowest BCUT2D eigenvalue weighted by Gasteiger charge is -2.20. The van der Waals surface area contributed by atoms with E-state index in [1.807, 2.05) is 19.1 Å². The van der Waals surface area contributed by atoms with Crippen molar-refractivity contribution in [1.82, 2.24) is 0 Å². The number of nitrogens with one attached hydrogen (secondary N) is 1. The van der Waals surface area contributed by atoms with Crippen molar-refractivity contribution >= 4 is 46.6 Å². The fourth-order valence-electron chi connectivity index (χ4n) is 2.16. The van der Waals surface area contributed by atoms with Crippen LogP contribution in [0.5, 0.6) is 11.5 Å². The van der Waals surface area contributed by atoms with Gasteiger partial charge in [0.15, 0.2) is 11.5 Å². The summed E-state index contributed by atoms with van der Waals surface area (Å²) in [6.45, 7) is 2.80. The van der Waals surface area contributed by atoms with Crippen LogP contribution in [-0.4, -0.2) is 24.4 Å². The van der Waals surface area contributed by atoms with E-state index in [4.69, 9.17) is 32.7 Å². The molecular weight excluding hydrogens is 369 g/mol. The normalized spacial score (nSPS) is 14.1. The smallest absolute Gasteiger partial charge is 0.237 e.